The highest BCUT2D eigenvalue weighted by atomic mass is 16.7. The molecule has 0 unspecified atom stereocenters. The number of nitrogens with one attached hydrogen (secondary N) is 1. The zero-order valence-corrected chi connectivity index (χ0v) is 27.4. The monoisotopic (exact) mass is 577 g/mol. The van der Waals surface area contributed by atoms with E-state index in [4.69, 9.17) is 26.7 Å². The van der Waals surface area contributed by atoms with E-state index in [2.05, 4.69) is 5.43 Å². The quantitative estimate of drug-likeness (QED) is 0.209. The van der Waals surface area contributed by atoms with Crippen LogP contribution in [0.5, 0.6) is 5.75 Å². The number of methoxy groups -OCH3 is 3. The molecule has 8 nitrogen and oxygen atoms in total. The Hall–Kier alpha value is -2.81. The molecule has 0 spiro atoms. The fraction of sp³-hybridized carbons (Fsp3) is 0.562. The van der Waals surface area contributed by atoms with Gasteiger partial charge >= 0.3 is 7.48 Å². The van der Waals surface area contributed by atoms with Crippen LogP contribution in [-0.4, -0.2) is 65.1 Å². The van der Waals surface area contributed by atoms with Crippen LogP contribution in [0.1, 0.15) is 99.9 Å². The van der Waals surface area contributed by atoms with Crippen molar-refractivity contribution in [3.05, 3.63) is 58.7 Å². The van der Waals surface area contributed by atoms with Crippen molar-refractivity contribution in [2.45, 2.75) is 92.0 Å². The maximum atomic E-state index is 14.2. The van der Waals surface area contributed by atoms with Crippen molar-refractivity contribution >= 4 is 32.6 Å². The highest BCUT2D eigenvalue weighted by molar-refractivity contribution is 6.48. The Bertz CT molecular complexity index is 1230. The molecule has 2 aromatic carbocycles. The van der Waals surface area contributed by atoms with Crippen LogP contribution in [0.25, 0.3) is 0 Å². The number of hydrazine groups is 1. The van der Waals surface area contributed by atoms with E-state index in [0.717, 1.165) is 0 Å². The second-order valence-electron chi connectivity index (χ2n) is 12.7. The molecule has 10 heteroatoms. The predicted octanol–water partition coefficient (Wildman–Crippen LogP) is 5.31. The van der Waals surface area contributed by atoms with Crippen LogP contribution in [0.4, 0.5) is 0 Å². The van der Waals surface area contributed by atoms with Gasteiger partial charge in [0.05, 0.1) is 21.0 Å². The van der Waals surface area contributed by atoms with Gasteiger partial charge in [-0.25, -0.2) is 5.01 Å². The molecule has 0 aliphatic rings. The van der Waals surface area contributed by atoms with Crippen molar-refractivity contribution in [3.63, 3.8) is 0 Å². The van der Waals surface area contributed by atoms with Crippen molar-refractivity contribution in [2.75, 3.05) is 21.3 Å². The summed E-state index contributed by atoms with van der Waals surface area (Å²) in [6.07, 6.45) is -0.0788. The summed E-state index contributed by atoms with van der Waals surface area (Å²) in [7, 11) is 12.6. The second-order valence-corrected chi connectivity index (χ2v) is 12.7. The van der Waals surface area contributed by atoms with E-state index >= 15 is 0 Å². The van der Waals surface area contributed by atoms with E-state index < -0.39 is 23.1 Å². The fourth-order valence-electron chi connectivity index (χ4n) is 4.58. The fourth-order valence-corrected chi connectivity index (χ4v) is 4.58. The predicted molar refractivity (Wildman–Crippen MR) is 168 cm³/mol. The maximum Gasteiger partial charge on any atom is 0.331 e. The van der Waals surface area contributed by atoms with Gasteiger partial charge in [-0.2, -0.15) is 0 Å². The summed E-state index contributed by atoms with van der Waals surface area (Å²) in [5.41, 5.74) is 4.57. The maximum absolute atomic E-state index is 14.2. The van der Waals surface area contributed by atoms with Gasteiger partial charge in [-0.1, -0.05) is 59.7 Å². The van der Waals surface area contributed by atoms with Gasteiger partial charge in [-0.3, -0.25) is 15.0 Å². The lowest BCUT2D eigenvalue weighted by molar-refractivity contribution is -0.105. The highest BCUT2D eigenvalue weighted by Gasteiger charge is 2.36. The molecule has 0 heterocycles. The Morgan fingerprint density at radius 3 is 2.12 bits per heavy atom. The molecule has 0 saturated carbocycles. The molecule has 0 bridgehead atoms. The van der Waals surface area contributed by atoms with Crippen LogP contribution in [0.3, 0.4) is 0 Å². The molecule has 1 N–H and O–H groups in total. The Morgan fingerprint density at radius 2 is 1.62 bits per heavy atom. The van der Waals surface area contributed by atoms with Crippen LogP contribution < -0.4 is 15.6 Å². The number of carbonyl (C=O) groups is 2. The van der Waals surface area contributed by atoms with Crippen molar-refractivity contribution in [3.8, 4) is 5.75 Å². The van der Waals surface area contributed by atoms with E-state index in [-0.39, 0.29) is 17.4 Å². The Labute approximate surface area is 254 Å². The molecule has 0 aliphatic carbocycles. The first kappa shape index (κ1) is 35.4. The molecular formula is C32H47B2N2O6. The second kappa shape index (κ2) is 14.1. The van der Waals surface area contributed by atoms with Crippen molar-refractivity contribution in [2.24, 2.45) is 5.41 Å². The number of carbonyl (C=O) groups excluding carboxylic acids is 2. The number of ether oxygens (including phenoxy) is 3. The van der Waals surface area contributed by atoms with Crippen LogP contribution in [0, 0.1) is 12.3 Å². The summed E-state index contributed by atoms with van der Waals surface area (Å²) < 4.78 is 22.6. The van der Waals surface area contributed by atoms with Gasteiger partial charge in [0, 0.05) is 42.1 Å². The molecule has 0 fully saturated rings. The number of hydrogen-bond donors (Lipinski definition) is 1. The highest BCUT2D eigenvalue weighted by Crippen LogP contribution is 2.36. The Morgan fingerprint density at radius 1 is 1.00 bits per heavy atom. The molecule has 0 aliphatic heterocycles. The minimum atomic E-state index is -0.728. The molecule has 227 valence electrons. The SMILES string of the molecule is [B]C(C)(C)C(C)(C)O[B]c1cc(C(=O)N(NC(=O)c2cccc(OC)c2C)[C@H](CC)C(C)(C)C)ccc1C(OC)OC. The van der Waals surface area contributed by atoms with Gasteiger partial charge in [0.15, 0.2) is 6.29 Å². The first-order chi connectivity index (χ1) is 19.4. The van der Waals surface area contributed by atoms with Gasteiger partial charge in [0.1, 0.15) is 5.75 Å². The lowest BCUT2D eigenvalue weighted by Gasteiger charge is -2.40. The van der Waals surface area contributed by atoms with Crippen molar-refractivity contribution in [1.82, 2.24) is 10.4 Å². The summed E-state index contributed by atoms with van der Waals surface area (Å²) >= 11 is 0. The Balaban J connectivity index is 2.60. The van der Waals surface area contributed by atoms with E-state index in [1.807, 2.05) is 62.3 Å². The summed E-state index contributed by atoms with van der Waals surface area (Å²) in [5.74, 6) is -0.176. The Kier molecular flexibility index (Phi) is 11.9. The van der Waals surface area contributed by atoms with E-state index in [0.29, 0.717) is 39.9 Å². The largest absolute Gasteiger partial charge is 0.496 e. The summed E-state index contributed by atoms with van der Waals surface area (Å²) in [5, 5.41) is 0.789. The average molecular weight is 577 g/mol. The van der Waals surface area contributed by atoms with Crippen LogP contribution in [0.2, 0.25) is 5.31 Å². The summed E-state index contributed by atoms with van der Waals surface area (Å²) in [4.78, 5) is 27.8. The third-order valence-electron chi connectivity index (χ3n) is 7.94. The van der Waals surface area contributed by atoms with E-state index in [1.165, 1.54) is 19.2 Å². The molecule has 1 atom stereocenters. The molecule has 2 amide bonds. The number of amides is 2. The summed E-state index contributed by atoms with van der Waals surface area (Å²) in [6, 6.07) is 10.1. The number of nitrogens with zero attached hydrogens (tertiary/aromatic N) is 1. The van der Waals surface area contributed by atoms with Gasteiger partial charge in [0.25, 0.3) is 11.8 Å². The number of benzene rings is 2. The van der Waals surface area contributed by atoms with Gasteiger partial charge in [-0.05, 0) is 61.6 Å². The standard InChI is InChI=1S/C32H47B2N2O6/c1-13-26(30(3,4)5)36(35-27(37)22-15-14-16-25(39-10)20(22)2)28(38)21-17-18-23(29(40-11)41-12)24(19-21)34-42-32(8,9)31(6,7)33/h14-19,26,29H,13H2,1-12H3,(H,35,37)/t26-/m1/s1. The molecule has 3 radical (unpaired) electrons. The zero-order valence-electron chi connectivity index (χ0n) is 27.4. The zero-order chi connectivity index (χ0) is 32.0. The smallest absolute Gasteiger partial charge is 0.331 e. The molecule has 2 aromatic rings. The van der Waals surface area contributed by atoms with Crippen LogP contribution in [0.15, 0.2) is 36.4 Å². The van der Waals surface area contributed by atoms with Gasteiger partial charge < -0.3 is 18.9 Å². The van der Waals surface area contributed by atoms with E-state index in [1.54, 1.807) is 51.0 Å². The molecule has 0 aromatic heterocycles. The topological polar surface area (TPSA) is 86.3 Å². The third kappa shape index (κ3) is 8.17. The molecule has 42 heavy (non-hydrogen) atoms. The molecular weight excluding hydrogens is 530 g/mol. The van der Waals surface area contributed by atoms with Crippen molar-refractivity contribution in [1.29, 1.82) is 0 Å². The first-order valence-corrected chi connectivity index (χ1v) is 14.2. The minimum absolute atomic E-state index is 0.314. The third-order valence-corrected chi connectivity index (χ3v) is 7.94. The normalized spacial score (nSPS) is 13.1. The van der Waals surface area contributed by atoms with E-state index in [9.17, 15) is 9.59 Å². The summed E-state index contributed by atoms with van der Waals surface area (Å²) in [6.45, 7) is 17.5. The lowest BCUT2D eigenvalue weighted by Crippen LogP contribution is -2.56. The van der Waals surface area contributed by atoms with Crippen LogP contribution >= 0.6 is 0 Å². The lowest BCUT2D eigenvalue weighted by atomic mass is 9.61. The van der Waals surface area contributed by atoms with Gasteiger partial charge in [0.2, 0.25) is 0 Å². The number of rotatable bonds is 12. The minimum Gasteiger partial charge on any atom is -0.496 e. The van der Waals surface area contributed by atoms with Crippen LogP contribution in [-0.2, 0) is 14.1 Å². The number of hydrogen-bond acceptors (Lipinski definition) is 6. The molecule has 0 saturated heterocycles. The molecule has 2 rings (SSSR count). The van der Waals surface area contributed by atoms with Gasteiger partial charge in [-0.15, -0.1) is 0 Å². The average Bonchev–Trinajstić information content (AvgIpc) is 2.91. The van der Waals surface area contributed by atoms with Crippen molar-refractivity contribution < 1.29 is 28.5 Å². The first-order valence-electron chi connectivity index (χ1n) is 14.2.